The van der Waals surface area contributed by atoms with E-state index in [-0.39, 0.29) is 18.5 Å². The molecule has 0 spiro atoms. The molecule has 0 rings (SSSR count). The Morgan fingerprint density at radius 1 is 0.298 bits per heavy atom. The van der Waals surface area contributed by atoms with Crippen molar-refractivity contribution in [3.63, 3.8) is 0 Å². The number of ether oxygens (including phenoxy) is 1. The van der Waals surface area contributed by atoms with Crippen molar-refractivity contribution in [2.24, 2.45) is 0 Å². The van der Waals surface area contributed by atoms with Gasteiger partial charge in [0.05, 0.1) is 25.4 Å². The molecular formula is C88H167NO5. The molecule has 0 fully saturated rings. The van der Waals surface area contributed by atoms with Gasteiger partial charge < -0.3 is 20.3 Å². The lowest BCUT2D eigenvalue weighted by atomic mass is 10.0. The summed E-state index contributed by atoms with van der Waals surface area (Å²) in [5.41, 5.74) is 0. The van der Waals surface area contributed by atoms with Crippen LogP contribution < -0.4 is 5.32 Å². The highest BCUT2D eigenvalue weighted by atomic mass is 16.5. The van der Waals surface area contributed by atoms with E-state index in [4.69, 9.17) is 4.74 Å². The number of carbonyl (C=O) groups excluding carboxylic acids is 2. The fraction of sp³-hybridized carbons (Fsp3) is 0.886. The molecule has 6 nitrogen and oxygen atoms in total. The largest absolute Gasteiger partial charge is 0.466 e. The molecule has 94 heavy (non-hydrogen) atoms. The Bertz CT molecular complexity index is 1570. The number of rotatable bonds is 81. The lowest BCUT2D eigenvalue weighted by molar-refractivity contribution is -0.143. The second kappa shape index (κ2) is 83.2. The maximum Gasteiger partial charge on any atom is 0.305 e. The number of aliphatic hydroxyl groups is 2. The monoisotopic (exact) mass is 1320 g/mol. The predicted octanol–water partition coefficient (Wildman–Crippen LogP) is 28.7. The lowest BCUT2D eigenvalue weighted by Crippen LogP contribution is -2.45. The van der Waals surface area contributed by atoms with Gasteiger partial charge in [0.1, 0.15) is 0 Å². The number of unbranched alkanes of at least 4 members (excludes halogenated alkanes) is 64. The van der Waals surface area contributed by atoms with Crippen molar-refractivity contribution in [2.75, 3.05) is 13.2 Å². The molecule has 0 aliphatic rings. The molecule has 0 aromatic heterocycles. The number of allylic oxidation sites excluding steroid dienone is 7. The first kappa shape index (κ1) is 91.8. The topological polar surface area (TPSA) is 95.9 Å². The Balaban J connectivity index is 3.36. The third-order valence-electron chi connectivity index (χ3n) is 20.1. The second-order valence-corrected chi connectivity index (χ2v) is 29.5. The Morgan fingerprint density at radius 3 is 0.840 bits per heavy atom. The van der Waals surface area contributed by atoms with E-state index in [0.717, 1.165) is 51.4 Å². The summed E-state index contributed by atoms with van der Waals surface area (Å²) < 4.78 is 5.52. The van der Waals surface area contributed by atoms with Crippen LogP contribution in [0.1, 0.15) is 476 Å². The van der Waals surface area contributed by atoms with E-state index in [1.165, 1.54) is 398 Å². The number of carbonyl (C=O) groups is 2. The smallest absolute Gasteiger partial charge is 0.305 e. The van der Waals surface area contributed by atoms with Crippen LogP contribution in [0.2, 0.25) is 0 Å². The molecule has 2 atom stereocenters. The quantitative estimate of drug-likeness (QED) is 0.0320. The molecule has 0 aliphatic carbocycles. The van der Waals surface area contributed by atoms with Crippen LogP contribution >= 0.6 is 0 Å². The maximum atomic E-state index is 12.6. The highest BCUT2D eigenvalue weighted by Gasteiger charge is 2.18. The van der Waals surface area contributed by atoms with Crippen molar-refractivity contribution in [3.8, 4) is 0 Å². The van der Waals surface area contributed by atoms with Crippen LogP contribution in [-0.2, 0) is 14.3 Å². The normalized spacial score (nSPS) is 12.7. The Hall–Kier alpha value is -2.18. The summed E-state index contributed by atoms with van der Waals surface area (Å²) in [7, 11) is 0. The van der Waals surface area contributed by atoms with E-state index >= 15 is 0 Å². The molecule has 0 saturated carbocycles. The number of amides is 1. The molecule has 1 amide bonds. The van der Waals surface area contributed by atoms with E-state index in [9.17, 15) is 19.8 Å². The highest BCUT2D eigenvalue weighted by Crippen LogP contribution is 2.20. The van der Waals surface area contributed by atoms with E-state index in [1.807, 2.05) is 6.08 Å². The molecule has 0 heterocycles. The molecule has 0 saturated heterocycles. The average molecular weight is 1320 g/mol. The van der Waals surface area contributed by atoms with Crippen LogP contribution in [0.4, 0.5) is 0 Å². The third-order valence-corrected chi connectivity index (χ3v) is 20.1. The molecule has 0 radical (unpaired) electrons. The van der Waals surface area contributed by atoms with Gasteiger partial charge in [0, 0.05) is 12.8 Å². The Morgan fingerprint density at radius 2 is 0.532 bits per heavy atom. The van der Waals surface area contributed by atoms with Gasteiger partial charge in [0.2, 0.25) is 5.91 Å². The van der Waals surface area contributed by atoms with Crippen LogP contribution in [0, 0.1) is 0 Å². The molecule has 554 valence electrons. The second-order valence-electron chi connectivity index (χ2n) is 29.5. The summed E-state index contributed by atoms with van der Waals surface area (Å²) in [6.45, 7) is 4.93. The first-order valence-electron chi connectivity index (χ1n) is 42.9. The van der Waals surface area contributed by atoms with Gasteiger partial charge in [-0.25, -0.2) is 0 Å². The third kappa shape index (κ3) is 78.8. The minimum absolute atomic E-state index is 0.0169. The molecule has 3 N–H and O–H groups in total. The molecular weight excluding hydrogens is 1150 g/mol. The van der Waals surface area contributed by atoms with Gasteiger partial charge in [0.25, 0.3) is 0 Å². The molecule has 0 bridgehead atoms. The van der Waals surface area contributed by atoms with Crippen molar-refractivity contribution in [1.29, 1.82) is 0 Å². The first-order valence-corrected chi connectivity index (χ1v) is 42.9. The van der Waals surface area contributed by atoms with Crippen molar-refractivity contribution < 1.29 is 24.5 Å². The molecule has 0 aromatic carbocycles. The van der Waals surface area contributed by atoms with Crippen LogP contribution in [0.15, 0.2) is 48.6 Å². The molecule has 2 unspecified atom stereocenters. The highest BCUT2D eigenvalue weighted by molar-refractivity contribution is 5.76. The molecule has 0 aliphatic heterocycles. The van der Waals surface area contributed by atoms with E-state index in [2.05, 4.69) is 55.6 Å². The fourth-order valence-electron chi connectivity index (χ4n) is 13.5. The zero-order valence-electron chi connectivity index (χ0n) is 63.7. The minimum atomic E-state index is -0.844. The maximum absolute atomic E-state index is 12.6. The summed E-state index contributed by atoms with van der Waals surface area (Å²) >= 11 is 0. The van der Waals surface area contributed by atoms with Gasteiger partial charge >= 0.3 is 5.97 Å². The van der Waals surface area contributed by atoms with Crippen LogP contribution in [0.5, 0.6) is 0 Å². The van der Waals surface area contributed by atoms with Gasteiger partial charge in [-0.1, -0.05) is 422 Å². The molecule has 6 heteroatoms. The fourth-order valence-corrected chi connectivity index (χ4v) is 13.5. The number of aliphatic hydroxyl groups excluding tert-OH is 2. The van der Waals surface area contributed by atoms with Crippen LogP contribution in [0.3, 0.4) is 0 Å². The van der Waals surface area contributed by atoms with E-state index in [0.29, 0.717) is 19.4 Å². The zero-order valence-corrected chi connectivity index (χ0v) is 63.7. The number of hydrogen-bond donors (Lipinski definition) is 3. The van der Waals surface area contributed by atoms with Crippen molar-refractivity contribution in [1.82, 2.24) is 5.32 Å². The van der Waals surface area contributed by atoms with Gasteiger partial charge in [-0.3, -0.25) is 9.59 Å². The van der Waals surface area contributed by atoms with E-state index < -0.39 is 12.1 Å². The van der Waals surface area contributed by atoms with E-state index in [1.54, 1.807) is 6.08 Å². The van der Waals surface area contributed by atoms with Gasteiger partial charge in [-0.2, -0.15) is 0 Å². The minimum Gasteiger partial charge on any atom is -0.466 e. The van der Waals surface area contributed by atoms with Crippen LogP contribution in [0.25, 0.3) is 0 Å². The Kier molecular flexibility index (Phi) is 81.3. The first-order chi connectivity index (χ1) is 46.5. The van der Waals surface area contributed by atoms with Crippen molar-refractivity contribution >= 4 is 11.9 Å². The van der Waals surface area contributed by atoms with Gasteiger partial charge in [-0.05, 0) is 89.9 Å². The standard InChI is InChI=1S/C88H167NO5/c1-3-5-7-9-11-13-15-17-19-21-23-24-38-41-45-48-52-56-60-64-68-72-76-80-86(91)85(84-90)89-87(92)81-77-73-69-65-61-57-53-49-46-42-39-36-34-32-30-28-26-25-27-29-31-33-35-37-40-43-47-51-55-59-63-67-71-75-79-83-94-88(93)82-78-74-70-66-62-58-54-50-44-22-20-18-16-14-12-10-8-6-4-2/h12,14,18,20,27,29,76,80,85-86,90-91H,3-11,13,15-17,19,21-26,28,30-75,77-79,81-84H2,1-2H3,(H,89,92)/b14-12-,20-18-,29-27-,80-76+. The number of esters is 1. The summed E-state index contributed by atoms with van der Waals surface area (Å²) in [4.78, 5) is 24.7. The average Bonchev–Trinajstić information content (AvgIpc) is 3.61. The summed E-state index contributed by atoms with van der Waals surface area (Å²) in [5.74, 6) is -0.0425. The molecule has 0 aromatic rings. The summed E-state index contributed by atoms with van der Waals surface area (Å²) in [5, 5.41) is 23.3. The zero-order chi connectivity index (χ0) is 67.7. The van der Waals surface area contributed by atoms with Crippen molar-refractivity contribution in [3.05, 3.63) is 48.6 Å². The van der Waals surface area contributed by atoms with Gasteiger partial charge in [-0.15, -0.1) is 0 Å². The lowest BCUT2D eigenvalue weighted by Gasteiger charge is -2.20. The predicted molar refractivity (Wildman–Crippen MR) is 416 cm³/mol. The van der Waals surface area contributed by atoms with Crippen LogP contribution in [-0.4, -0.2) is 47.4 Å². The Labute approximate surface area is 588 Å². The van der Waals surface area contributed by atoms with Gasteiger partial charge in [0.15, 0.2) is 0 Å². The number of nitrogens with one attached hydrogen (secondary N) is 1. The summed E-state index contributed by atoms with van der Waals surface area (Å²) in [6, 6.07) is -0.627. The SMILES string of the molecule is CCCCC/C=C\C/C=C\CCCCCCCCCCCC(=O)OCCCCCCCCCCCCCCCC/C=C\CCCCCCCCCCCCCCCCCCCC(=O)NC(CO)C(O)/C=C/CCCCCCCCCCCCCCCCCCCCCCC. The van der Waals surface area contributed by atoms with Crippen molar-refractivity contribution in [2.45, 2.75) is 488 Å². The number of hydrogen-bond acceptors (Lipinski definition) is 5. The summed E-state index contributed by atoms with van der Waals surface area (Å²) in [6.07, 6.45) is 111.